The lowest BCUT2D eigenvalue weighted by Gasteiger charge is -2.32. The molecule has 1 fully saturated rings. The van der Waals surface area contributed by atoms with Gasteiger partial charge in [0.15, 0.2) is 0 Å². The van der Waals surface area contributed by atoms with Crippen molar-refractivity contribution in [1.29, 1.82) is 0 Å². The second-order valence-corrected chi connectivity index (χ2v) is 5.19. The summed E-state index contributed by atoms with van der Waals surface area (Å²) in [6, 6.07) is 1.82. The van der Waals surface area contributed by atoms with Gasteiger partial charge in [0.05, 0.1) is 0 Å². The number of nitrogen functional groups attached to an aromatic ring is 1. The Balaban J connectivity index is 2.04. The number of amides is 1. The molecule has 0 aliphatic carbocycles. The van der Waals surface area contributed by atoms with Crippen molar-refractivity contribution >= 4 is 17.5 Å². The highest BCUT2D eigenvalue weighted by molar-refractivity contribution is 5.78. The van der Waals surface area contributed by atoms with Crippen LogP contribution in [0.25, 0.3) is 0 Å². The molecule has 1 aliphatic rings. The molecule has 0 radical (unpaired) electrons. The van der Waals surface area contributed by atoms with Crippen molar-refractivity contribution < 1.29 is 4.79 Å². The van der Waals surface area contributed by atoms with Gasteiger partial charge in [0.2, 0.25) is 5.91 Å². The summed E-state index contributed by atoms with van der Waals surface area (Å²) in [7, 11) is 1.69. The lowest BCUT2D eigenvalue weighted by Crippen LogP contribution is -2.40. The van der Waals surface area contributed by atoms with Crippen LogP contribution in [0.15, 0.2) is 6.07 Å². The maximum atomic E-state index is 11.6. The number of hydrogen-bond donors (Lipinski definition) is 2. The number of aromatic nitrogens is 2. The summed E-state index contributed by atoms with van der Waals surface area (Å²) in [5, 5.41) is 2.72. The highest BCUT2D eigenvalue weighted by Crippen LogP contribution is 2.23. The maximum Gasteiger partial charge on any atom is 0.222 e. The Morgan fingerprint density at radius 2 is 2.15 bits per heavy atom. The number of nitrogens with two attached hydrogens (primary N) is 1. The van der Waals surface area contributed by atoms with E-state index in [0.717, 1.165) is 50.4 Å². The number of anilines is 2. The third-order valence-corrected chi connectivity index (χ3v) is 3.69. The van der Waals surface area contributed by atoms with Crippen molar-refractivity contribution in [2.45, 2.75) is 32.6 Å². The Morgan fingerprint density at radius 1 is 1.45 bits per heavy atom. The third kappa shape index (κ3) is 3.37. The first kappa shape index (κ1) is 14.6. The predicted molar refractivity (Wildman–Crippen MR) is 79.4 cm³/mol. The van der Waals surface area contributed by atoms with Gasteiger partial charge in [-0.15, -0.1) is 0 Å². The fourth-order valence-electron chi connectivity index (χ4n) is 2.58. The van der Waals surface area contributed by atoms with Gasteiger partial charge in [0.25, 0.3) is 0 Å². The molecule has 0 bridgehead atoms. The fraction of sp³-hybridized carbons (Fsp3) is 0.643. The zero-order valence-corrected chi connectivity index (χ0v) is 12.2. The Hall–Kier alpha value is -1.85. The average Bonchev–Trinajstić information content (AvgIpc) is 2.46. The van der Waals surface area contributed by atoms with Crippen molar-refractivity contribution in [2.75, 3.05) is 30.8 Å². The van der Waals surface area contributed by atoms with Crippen LogP contribution in [0.5, 0.6) is 0 Å². The maximum absolute atomic E-state index is 11.6. The Kier molecular flexibility index (Phi) is 4.76. The summed E-state index contributed by atoms with van der Waals surface area (Å²) >= 11 is 0. The van der Waals surface area contributed by atoms with Crippen LogP contribution in [0.1, 0.15) is 32.0 Å². The van der Waals surface area contributed by atoms with Gasteiger partial charge in [0, 0.05) is 38.5 Å². The smallest absolute Gasteiger partial charge is 0.222 e. The minimum Gasteiger partial charge on any atom is -0.384 e. The highest BCUT2D eigenvalue weighted by atomic mass is 16.1. The Morgan fingerprint density at radius 3 is 2.75 bits per heavy atom. The van der Waals surface area contributed by atoms with Gasteiger partial charge in [-0.1, -0.05) is 6.92 Å². The van der Waals surface area contributed by atoms with E-state index in [9.17, 15) is 4.79 Å². The summed E-state index contributed by atoms with van der Waals surface area (Å²) in [5.41, 5.74) is 5.85. The van der Waals surface area contributed by atoms with E-state index >= 15 is 0 Å². The van der Waals surface area contributed by atoms with Crippen molar-refractivity contribution in [2.24, 2.45) is 5.92 Å². The number of hydrogen-bond acceptors (Lipinski definition) is 5. The number of piperidine rings is 1. The van der Waals surface area contributed by atoms with Gasteiger partial charge >= 0.3 is 0 Å². The molecule has 1 aromatic rings. The Bertz CT molecular complexity index is 469. The van der Waals surface area contributed by atoms with E-state index in [0.29, 0.717) is 5.82 Å². The summed E-state index contributed by atoms with van der Waals surface area (Å²) < 4.78 is 0. The summed E-state index contributed by atoms with van der Waals surface area (Å²) in [6.07, 6.45) is 3.55. The first-order valence-corrected chi connectivity index (χ1v) is 7.24. The van der Waals surface area contributed by atoms with Gasteiger partial charge in [-0.05, 0) is 19.3 Å². The zero-order chi connectivity index (χ0) is 14.5. The number of nitrogens with zero attached hydrogens (tertiary/aromatic N) is 3. The molecule has 2 heterocycles. The molecule has 6 nitrogen and oxygen atoms in total. The molecule has 0 saturated carbocycles. The van der Waals surface area contributed by atoms with Crippen LogP contribution in [0.3, 0.4) is 0 Å². The first-order chi connectivity index (χ1) is 9.63. The third-order valence-electron chi connectivity index (χ3n) is 3.69. The molecule has 0 unspecified atom stereocenters. The topological polar surface area (TPSA) is 84.1 Å². The lowest BCUT2D eigenvalue weighted by atomic mass is 9.96. The van der Waals surface area contributed by atoms with Gasteiger partial charge < -0.3 is 16.0 Å². The molecular formula is C14H23N5O. The molecule has 6 heteroatoms. The van der Waals surface area contributed by atoms with Gasteiger partial charge in [-0.2, -0.15) is 0 Å². The SMILES string of the molecule is CCCc1nc(N)cc(N2CCC(C(=O)NC)CC2)n1. The summed E-state index contributed by atoms with van der Waals surface area (Å²) in [4.78, 5) is 22.6. The van der Waals surface area contributed by atoms with Crippen molar-refractivity contribution in [3.05, 3.63) is 11.9 Å². The number of rotatable bonds is 4. The van der Waals surface area contributed by atoms with Crippen LogP contribution in [-0.4, -0.2) is 36.0 Å². The fourth-order valence-corrected chi connectivity index (χ4v) is 2.58. The van der Waals surface area contributed by atoms with Crippen LogP contribution in [0.2, 0.25) is 0 Å². The van der Waals surface area contributed by atoms with E-state index in [1.807, 2.05) is 6.07 Å². The van der Waals surface area contributed by atoms with Gasteiger partial charge in [-0.25, -0.2) is 9.97 Å². The van der Waals surface area contributed by atoms with Crippen LogP contribution >= 0.6 is 0 Å². The molecule has 1 aliphatic heterocycles. The van der Waals surface area contributed by atoms with Crippen molar-refractivity contribution in [3.8, 4) is 0 Å². The minimum absolute atomic E-state index is 0.116. The largest absolute Gasteiger partial charge is 0.384 e. The number of carbonyl (C=O) groups is 1. The average molecular weight is 277 g/mol. The van der Waals surface area contributed by atoms with Gasteiger partial charge in [0.1, 0.15) is 17.5 Å². The first-order valence-electron chi connectivity index (χ1n) is 7.24. The second-order valence-electron chi connectivity index (χ2n) is 5.19. The lowest BCUT2D eigenvalue weighted by molar-refractivity contribution is -0.125. The second kappa shape index (κ2) is 6.54. The molecule has 0 atom stereocenters. The quantitative estimate of drug-likeness (QED) is 0.857. The van der Waals surface area contributed by atoms with Gasteiger partial charge in [-0.3, -0.25) is 4.79 Å². The molecule has 1 amide bonds. The van der Waals surface area contributed by atoms with E-state index in [4.69, 9.17) is 5.73 Å². The summed E-state index contributed by atoms with van der Waals surface area (Å²) in [6.45, 7) is 3.77. The molecule has 1 aromatic heterocycles. The monoisotopic (exact) mass is 277 g/mol. The molecule has 0 spiro atoms. The summed E-state index contributed by atoms with van der Waals surface area (Å²) in [5.74, 6) is 2.46. The minimum atomic E-state index is 0.116. The van der Waals surface area contributed by atoms with E-state index in [2.05, 4.69) is 27.1 Å². The standard InChI is InChI=1S/C14H23N5O/c1-3-4-12-17-11(15)9-13(18-12)19-7-5-10(6-8-19)14(20)16-2/h9-10H,3-8H2,1-2H3,(H,16,20)(H2,15,17,18). The van der Waals surface area contributed by atoms with Crippen LogP contribution < -0.4 is 16.0 Å². The van der Waals surface area contributed by atoms with Crippen LogP contribution in [0.4, 0.5) is 11.6 Å². The van der Waals surface area contributed by atoms with Crippen LogP contribution in [0, 0.1) is 5.92 Å². The van der Waals surface area contributed by atoms with Crippen molar-refractivity contribution in [3.63, 3.8) is 0 Å². The molecule has 3 N–H and O–H groups in total. The van der Waals surface area contributed by atoms with E-state index in [1.54, 1.807) is 7.05 Å². The van der Waals surface area contributed by atoms with E-state index < -0.39 is 0 Å². The number of nitrogens with one attached hydrogen (secondary N) is 1. The van der Waals surface area contributed by atoms with E-state index in [-0.39, 0.29) is 11.8 Å². The van der Waals surface area contributed by atoms with Crippen LogP contribution in [-0.2, 0) is 11.2 Å². The predicted octanol–water partition coefficient (Wildman–Crippen LogP) is 0.974. The highest BCUT2D eigenvalue weighted by Gasteiger charge is 2.25. The Labute approximate surface area is 119 Å². The zero-order valence-electron chi connectivity index (χ0n) is 12.2. The molecule has 2 rings (SSSR count). The van der Waals surface area contributed by atoms with Crippen molar-refractivity contribution in [1.82, 2.24) is 15.3 Å². The molecule has 0 aromatic carbocycles. The molecule has 110 valence electrons. The molecule has 1 saturated heterocycles. The molecular weight excluding hydrogens is 254 g/mol. The normalized spacial score (nSPS) is 16.2. The number of aryl methyl sites for hydroxylation is 1. The molecule has 20 heavy (non-hydrogen) atoms. The van der Waals surface area contributed by atoms with E-state index in [1.165, 1.54) is 0 Å². The number of carbonyl (C=O) groups excluding carboxylic acids is 1.